The number of carbonyl (C=O) groups is 1. The number of likely N-dealkylation sites (tertiary alicyclic amines) is 1. The Morgan fingerprint density at radius 1 is 1.33 bits per heavy atom. The molecule has 2 heterocycles. The van der Waals surface area contributed by atoms with E-state index >= 15 is 0 Å². The van der Waals surface area contributed by atoms with Gasteiger partial charge in [0.05, 0.1) is 12.2 Å². The maximum atomic E-state index is 12.1. The standard InChI is InChI=1S/C18H25N5O/c19-7-8-21-18(24)16-2-1-10-22(13-16)12-15-3-5-17(6-4-15)23-11-9-20-14-23/h3-6,9,11,14,16H,1-2,7-8,10,12-13,19H2,(H,21,24). The summed E-state index contributed by atoms with van der Waals surface area (Å²) in [5, 5.41) is 2.91. The molecule has 24 heavy (non-hydrogen) atoms. The Labute approximate surface area is 142 Å². The van der Waals surface area contributed by atoms with Gasteiger partial charge in [-0.25, -0.2) is 4.98 Å². The fraction of sp³-hybridized carbons (Fsp3) is 0.444. The van der Waals surface area contributed by atoms with Crippen molar-refractivity contribution in [3.8, 4) is 5.69 Å². The van der Waals surface area contributed by atoms with Crippen molar-refractivity contribution in [2.24, 2.45) is 11.7 Å². The zero-order chi connectivity index (χ0) is 16.8. The Balaban J connectivity index is 1.56. The van der Waals surface area contributed by atoms with Crippen molar-refractivity contribution in [1.82, 2.24) is 19.8 Å². The number of benzene rings is 1. The average molecular weight is 327 g/mol. The van der Waals surface area contributed by atoms with Crippen molar-refractivity contribution >= 4 is 5.91 Å². The molecular weight excluding hydrogens is 302 g/mol. The first-order chi connectivity index (χ1) is 11.8. The molecule has 3 N–H and O–H groups in total. The number of imidazole rings is 1. The van der Waals surface area contributed by atoms with Gasteiger partial charge in [-0.15, -0.1) is 0 Å². The van der Waals surface area contributed by atoms with E-state index in [1.54, 1.807) is 12.5 Å². The lowest BCUT2D eigenvalue weighted by Gasteiger charge is -2.32. The second-order valence-electron chi connectivity index (χ2n) is 6.29. The van der Waals surface area contributed by atoms with Crippen LogP contribution in [0.25, 0.3) is 5.69 Å². The van der Waals surface area contributed by atoms with Crippen LogP contribution in [0.15, 0.2) is 43.0 Å². The lowest BCUT2D eigenvalue weighted by Crippen LogP contribution is -2.43. The fourth-order valence-corrected chi connectivity index (χ4v) is 3.20. The minimum atomic E-state index is 0.0792. The molecular formula is C18H25N5O. The Bertz CT molecular complexity index is 638. The number of carbonyl (C=O) groups excluding carboxylic acids is 1. The first kappa shape index (κ1) is 16.7. The predicted octanol–water partition coefficient (Wildman–Crippen LogP) is 1.16. The Morgan fingerprint density at radius 3 is 2.88 bits per heavy atom. The van der Waals surface area contributed by atoms with Crippen LogP contribution in [-0.2, 0) is 11.3 Å². The van der Waals surface area contributed by atoms with E-state index in [0.29, 0.717) is 13.1 Å². The van der Waals surface area contributed by atoms with Crippen LogP contribution in [0.3, 0.4) is 0 Å². The van der Waals surface area contributed by atoms with Crippen LogP contribution in [0.4, 0.5) is 0 Å². The molecule has 128 valence electrons. The average Bonchev–Trinajstić information content (AvgIpc) is 3.15. The molecule has 0 spiro atoms. The van der Waals surface area contributed by atoms with Gasteiger partial charge in [-0.3, -0.25) is 9.69 Å². The number of nitrogens with two attached hydrogens (primary N) is 1. The second-order valence-corrected chi connectivity index (χ2v) is 6.29. The third kappa shape index (κ3) is 4.21. The Kier molecular flexibility index (Phi) is 5.61. The first-order valence-corrected chi connectivity index (χ1v) is 8.53. The number of piperidine rings is 1. The van der Waals surface area contributed by atoms with Crippen molar-refractivity contribution in [1.29, 1.82) is 0 Å². The summed E-state index contributed by atoms with van der Waals surface area (Å²) in [6.45, 7) is 3.80. The zero-order valence-corrected chi connectivity index (χ0v) is 13.9. The van der Waals surface area contributed by atoms with Crippen LogP contribution in [0.1, 0.15) is 18.4 Å². The molecule has 0 bridgehead atoms. The molecule has 1 aliphatic heterocycles. The van der Waals surface area contributed by atoms with Gasteiger partial charge in [-0.1, -0.05) is 12.1 Å². The summed E-state index contributed by atoms with van der Waals surface area (Å²) in [7, 11) is 0. The van der Waals surface area contributed by atoms with Gasteiger partial charge in [0, 0.05) is 44.3 Å². The molecule has 0 aliphatic carbocycles. The van der Waals surface area contributed by atoms with Gasteiger partial charge in [0.2, 0.25) is 5.91 Å². The van der Waals surface area contributed by atoms with Gasteiger partial charge >= 0.3 is 0 Å². The smallest absolute Gasteiger partial charge is 0.224 e. The molecule has 1 aromatic carbocycles. The summed E-state index contributed by atoms with van der Waals surface area (Å²) < 4.78 is 1.99. The summed E-state index contributed by atoms with van der Waals surface area (Å²) in [5.41, 5.74) is 7.82. The number of nitrogens with zero attached hydrogens (tertiary/aromatic N) is 3. The number of hydrogen-bond acceptors (Lipinski definition) is 4. The Morgan fingerprint density at radius 2 is 2.17 bits per heavy atom. The van der Waals surface area contributed by atoms with Crippen LogP contribution in [-0.4, -0.2) is 46.5 Å². The lowest BCUT2D eigenvalue weighted by atomic mass is 9.96. The molecule has 0 radical (unpaired) electrons. The van der Waals surface area contributed by atoms with Crippen LogP contribution in [0, 0.1) is 5.92 Å². The number of hydrogen-bond donors (Lipinski definition) is 2. The van der Waals surface area contributed by atoms with E-state index in [4.69, 9.17) is 5.73 Å². The summed E-state index contributed by atoms with van der Waals surface area (Å²) in [6, 6.07) is 8.50. The first-order valence-electron chi connectivity index (χ1n) is 8.53. The lowest BCUT2D eigenvalue weighted by molar-refractivity contribution is -0.126. The molecule has 6 nitrogen and oxygen atoms in total. The molecule has 6 heteroatoms. The molecule has 1 amide bonds. The highest BCUT2D eigenvalue weighted by Crippen LogP contribution is 2.19. The van der Waals surface area contributed by atoms with Gasteiger partial charge in [0.15, 0.2) is 0 Å². The van der Waals surface area contributed by atoms with Crippen molar-refractivity contribution < 1.29 is 4.79 Å². The van der Waals surface area contributed by atoms with Crippen molar-refractivity contribution in [2.45, 2.75) is 19.4 Å². The summed E-state index contributed by atoms with van der Waals surface area (Å²) >= 11 is 0. The third-order valence-electron chi connectivity index (χ3n) is 4.46. The molecule has 1 aliphatic rings. The van der Waals surface area contributed by atoms with Crippen LogP contribution in [0.5, 0.6) is 0 Å². The number of nitrogens with one attached hydrogen (secondary N) is 1. The highest BCUT2D eigenvalue weighted by Gasteiger charge is 2.25. The maximum Gasteiger partial charge on any atom is 0.224 e. The van der Waals surface area contributed by atoms with E-state index in [2.05, 4.69) is 39.5 Å². The summed E-state index contributed by atoms with van der Waals surface area (Å²) in [4.78, 5) is 18.6. The molecule has 1 fully saturated rings. The predicted molar refractivity (Wildman–Crippen MR) is 93.6 cm³/mol. The topological polar surface area (TPSA) is 76.2 Å². The number of amides is 1. The minimum Gasteiger partial charge on any atom is -0.355 e. The Hall–Kier alpha value is -2.18. The fourth-order valence-electron chi connectivity index (χ4n) is 3.20. The van der Waals surface area contributed by atoms with E-state index in [0.717, 1.165) is 38.2 Å². The third-order valence-corrected chi connectivity index (χ3v) is 4.46. The maximum absolute atomic E-state index is 12.1. The summed E-state index contributed by atoms with van der Waals surface area (Å²) in [5.74, 6) is 0.219. The molecule has 1 saturated heterocycles. The molecule has 1 unspecified atom stereocenters. The van der Waals surface area contributed by atoms with Gasteiger partial charge in [-0.05, 0) is 37.1 Å². The van der Waals surface area contributed by atoms with Crippen molar-refractivity contribution in [2.75, 3.05) is 26.2 Å². The molecule has 0 saturated carbocycles. The van der Waals surface area contributed by atoms with Crippen LogP contribution < -0.4 is 11.1 Å². The van der Waals surface area contributed by atoms with E-state index in [9.17, 15) is 4.79 Å². The number of rotatable bonds is 6. The molecule has 3 rings (SSSR count). The SMILES string of the molecule is NCCNC(=O)C1CCCN(Cc2ccc(-n3ccnc3)cc2)C1. The largest absolute Gasteiger partial charge is 0.355 e. The van der Waals surface area contributed by atoms with Crippen LogP contribution >= 0.6 is 0 Å². The van der Waals surface area contributed by atoms with Gasteiger partial charge in [0.1, 0.15) is 0 Å². The van der Waals surface area contributed by atoms with Gasteiger partial charge in [-0.2, -0.15) is 0 Å². The monoisotopic (exact) mass is 327 g/mol. The van der Waals surface area contributed by atoms with Gasteiger partial charge in [0.25, 0.3) is 0 Å². The second kappa shape index (κ2) is 8.08. The van der Waals surface area contributed by atoms with Crippen molar-refractivity contribution in [3.05, 3.63) is 48.5 Å². The van der Waals surface area contributed by atoms with E-state index < -0.39 is 0 Å². The highest BCUT2D eigenvalue weighted by atomic mass is 16.1. The molecule has 1 atom stereocenters. The molecule has 1 aromatic heterocycles. The molecule has 2 aromatic rings. The van der Waals surface area contributed by atoms with Gasteiger partial charge < -0.3 is 15.6 Å². The van der Waals surface area contributed by atoms with E-state index in [-0.39, 0.29) is 11.8 Å². The normalized spacial score (nSPS) is 18.5. The van der Waals surface area contributed by atoms with E-state index in [1.807, 2.05) is 10.8 Å². The van der Waals surface area contributed by atoms with Crippen molar-refractivity contribution in [3.63, 3.8) is 0 Å². The zero-order valence-electron chi connectivity index (χ0n) is 13.9. The van der Waals surface area contributed by atoms with Crippen LogP contribution in [0.2, 0.25) is 0 Å². The number of aromatic nitrogens is 2. The quantitative estimate of drug-likeness (QED) is 0.835. The minimum absolute atomic E-state index is 0.0792. The summed E-state index contributed by atoms with van der Waals surface area (Å²) in [6.07, 6.45) is 7.53. The van der Waals surface area contributed by atoms with E-state index in [1.165, 1.54) is 5.56 Å². The highest BCUT2D eigenvalue weighted by molar-refractivity contribution is 5.78.